The van der Waals surface area contributed by atoms with Gasteiger partial charge in [0.2, 0.25) is 11.8 Å². The highest BCUT2D eigenvalue weighted by atomic mass is 32.1. The molecule has 1 fully saturated rings. The van der Waals surface area contributed by atoms with Gasteiger partial charge in [-0.15, -0.1) is 11.3 Å². The number of β-amino-alcohol motifs (C(OH)–C–C–N with tert-alkyl or cyclic N) is 1. The lowest BCUT2D eigenvalue weighted by Crippen LogP contribution is -2.51. The van der Waals surface area contributed by atoms with Crippen LogP contribution in [0.5, 0.6) is 0 Å². The summed E-state index contributed by atoms with van der Waals surface area (Å²) in [6.07, 6.45) is 1.57. The summed E-state index contributed by atoms with van der Waals surface area (Å²) in [5.74, 6) is -0.215. The van der Waals surface area contributed by atoms with Gasteiger partial charge < -0.3 is 15.3 Å². The topological polar surface area (TPSA) is 82.5 Å². The average Bonchev–Trinajstić information content (AvgIpc) is 3.37. The van der Waals surface area contributed by atoms with Crippen molar-refractivity contribution in [3.05, 3.63) is 41.0 Å². The number of carbonyl (C=O) groups is 2. The minimum absolute atomic E-state index is 0.0190. The Hall–Kier alpha value is -2.25. The summed E-state index contributed by atoms with van der Waals surface area (Å²) >= 11 is 1.61. The van der Waals surface area contributed by atoms with Crippen molar-refractivity contribution in [2.45, 2.75) is 79.5 Å². The third-order valence-corrected chi connectivity index (χ3v) is 7.78. The highest BCUT2D eigenvalue weighted by Crippen LogP contribution is 2.37. The van der Waals surface area contributed by atoms with Crippen LogP contribution in [0.25, 0.3) is 10.4 Å². The van der Waals surface area contributed by atoms with Crippen LogP contribution in [0.3, 0.4) is 0 Å². The molecule has 186 valence electrons. The van der Waals surface area contributed by atoms with E-state index in [0.29, 0.717) is 6.54 Å². The smallest absolute Gasteiger partial charge is 0.243 e. The van der Waals surface area contributed by atoms with Crippen LogP contribution >= 0.6 is 11.3 Å². The first-order valence-corrected chi connectivity index (χ1v) is 13.2. The molecule has 2 heterocycles. The molecule has 3 rings (SSSR count). The molecule has 2 N–H and O–H groups in total. The zero-order valence-corrected chi connectivity index (χ0v) is 22.1. The molecule has 0 unspecified atom stereocenters. The van der Waals surface area contributed by atoms with Crippen molar-refractivity contribution >= 4 is 23.2 Å². The quantitative estimate of drug-likeness (QED) is 0.563. The Labute approximate surface area is 207 Å². The summed E-state index contributed by atoms with van der Waals surface area (Å²) in [7, 11) is 0. The average molecular weight is 486 g/mol. The first kappa shape index (κ1) is 26.4. The predicted octanol–water partition coefficient (Wildman–Crippen LogP) is 4.80. The molecule has 2 amide bonds. The van der Waals surface area contributed by atoms with E-state index in [-0.39, 0.29) is 42.0 Å². The maximum atomic E-state index is 13.7. The monoisotopic (exact) mass is 485 g/mol. The van der Waals surface area contributed by atoms with Crippen LogP contribution in [0, 0.1) is 24.2 Å². The summed E-state index contributed by atoms with van der Waals surface area (Å²) in [6, 6.07) is 7.45. The molecule has 7 heteroatoms. The van der Waals surface area contributed by atoms with E-state index in [2.05, 4.69) is 44.9 Å². The van der Waals surface area contributed by atoms with E-state index in [0.717, 1.165) is 34.5 Å². The fourth-order valence-electron chi connectivity index (χ4n) is 5.23. The van der Waals surface area contributed by atoms with E-state index >= 15 is 0 Å². The molecule has 1 aromatic carbocycles. The Balaban J connectivity index is 1.68. The molecule has 1 aliphatic rings. The number of hydrogen-bond donors (Lipinski definition) is 2. The lowest BCUT2D eigenvalue weighted by atomic mass is 9.71. The Kier molecular flexibility index (Phi) is 8.52. The number of likely N-dealkylation sites (tertiary alicyclic amines) is 1. The Morgan fingerprint density at radius 3 is 2.50 bits per heavy atom. The molecule has 34 heavy (non-hydrogen) atoms. The summed E-state index contributed by atoms with van der Waals surface area (Å²) in [5, 5.41) is 13.3. The molecule has 0 bridgehead atoms. The van der Waals surface area contributed by atoms with Gasteiger partial charge in [0.15, 0.2) is 0 Å². The predicted molar refractivity (Wildman–Crippen MR) is 137 cm³/mol. The number of aromatic nitrogens is 1. The number of hydrogen-bond acceptors (Lipinski definition) is 5. The molecule has 0 spiro atoms. The van der Waals surface area contributed by atoms with E-state index in [1.165, 1.54) is 0 Å². The SMILES string of the molecule is CCC[C@H](C)[C@@H](C(=O)N1C[C@@H](O)C[C@@H]1C(=O)NCc1ccc(-c2scnc2C)cc1)C(C)(C)C. The van der Waals surface area contributed by atoms with E-state index < -0.39 is 12.1 Å². The van der Waals surface area contributed by atoms with Crippen LogP contribution < -0.4 is 5.32 Å². The van der Waals surface area contributed by atoms with E-state index in [1.807, 2.05) is 36.7 Å². The molecular formula is C27H39N3O3S. The summed E-state index contributed by atoms with van der Waals surface area (Å²) in [4.78, 5) is 33.8. The second-order valence-corrected chi connectivity index (χ2v) is 11.5. The number of rotatable bonds is 8. The first-order valence-electron chi connectivity index (χ1n) is 12.3. The fourth-order valence-corrected chi connectivity index (χ4v) is 6.05. The van der Waals surface area contributed by atoms with Gasteiger partial charge in [-0.25, -0.2) is 4.98 Å². The molecule has 2 aromatic rings. The van der Waals surface area contributed by atoms with Crippen LogP contribution in [0.2, 0.25) is 0 Å². The van der Waals surface area contributed by atoms with Gasteiger partial charge in [0.05, 0.1) is 22.2 Å². The van der Waals surface area contributed by atoms with Gasteiger partial charge in [0.1, 0.15) is 6.04 Å². The van der Waals surface area contributed by atoms with Crippen LogP contribution in [0.4, 0.5) is 0 Å². The van der Waals surface area contributed by atoms with Crippen molar-refractivity contribution in [3.63, 3.8) is 0 Å². The molecule has 1 aliphatic heterocycles. The highest BCUT2D eigenvalue weighted by Gasteiger charge is 2.45. The van der Waals surface area contributed by atoms with Gasteiger partial charge in [-0.2, -0.15) is 0 Å². The number of aliphatic hydroxyl groups excluding tert-OH is 1. The van der Waals surface area contributed by atoms with Crippen LogP contribution in [0.15, 0.2) is 29.8 Å². The van der Waals surface area contributed by atoms with Crippen molar-refractivity contribution in [3.8, 4) is 10.4 Å². The summed E-state index contributed by atoms with van der Waals surface area (Å²) in [6.45, 7) is 13.1. The highest BCUT2D eigenvalue weighted by molar-refractivity contribution is 7.13. The van der Waals surface area contributed by atoms with E-state index in [4.69, 9.17) is 0 Å². The van der Waals surface area contributed by atoms with E-state index in [1.54, 1.807) is 16.2 Å². The van der Waals surface area contributed by atoms with Crippen LogP contribution in [0.1, 0.15) is 65.1 Å². The molecule has 4 atom stereocenters. The molecule has 6 nitrogen and oxygen atoms in total. The lowest BCUT2D eigenvalue weighted by Gasteiger charge is -2.38. The second kappa shape index (κ2) is 11.0. The molecule has 0 aliphatic carbocycles. The molecule has 1 saturated heterocycles. The normalized spacial score (nSPS) is 20.3. The van der Waals surface area contributed by atoms with Gasteiger partial charge in [-0.3, -0.25) is 9.59 Å². The number of thiazole rings is 1. The number of aliphatic hydroxyl groups is 1. The summed E-state index contributed by atoms with van der Waals surface area (Å²) < 4.78 is 0. The number of nitrogens with one attached hydrogen (secondary N) is 1. The molecule has 1 aromatic heterocycles. The maximum absolute atomic E-state index is 13.7. The van der Waals surface area contributed by atoms with Gasteiger partial charge in [-0.1, -0.05) is 71.7 Å². The Bertz CT molecular complexity index is 980. The van der Waals surface area contributed by atoms with Crippen molar-refractivity contribution in [2.75, 3.05) is 6.54 Å². The van der Waals surface area contributed by atoms with Crippen molar-refractivity contribution < 1.29 is 14.7 Å². The summed E-state index contributed by atoms with van der Waals surface area (Å²) in [5.41, 5.74) is 4.73. The zero-order chi connectivity index (χ0) is 25.0. The molecule has 0 radical (unpaired) electrons. The van der Waals surface area contributed by atoms with Crippen molar-refractivity contribution in [1.82, 2.24) is 15.2 Å². The lowest BCUT2D eigenvalue weighted by molar-refractivity contribution is -0.146. The Morgan fingerprint density at radius 2 is 1.94 bits per heavy atom. The molecular weight excluding hydrogens is 446 g/mol. The fraction of sp³-hybridized carbons (Fsp3) is 0.593. The minimum Gasteiger partial charge on any atom is -0.391 e. The van der Waals surface area contributed by atoms with E-state index in [9.17, 15) is 14.7 Å². The maximum Gasteiger partial charge on any atom is 0.243 e. The zero-order valence-electron chi connectivity index (χ0n) is 21.3. The third-order valence-electron chi connectivity index (χ3n) is 6.81. The molecule has 0 saturated carbocycles. The van der Waals surface area contributed by atoms with Crippen molar-refractivity contribution in [2.24, 2.45) is 17.3 Å². The van der Waals surface area contributed by atoms with Crippen LogP contribution in [-0.2, 0) is 16.1 Å². The number of carbonyl (C=O) groups excluding carboxylic acids is 2. The number of nitrogens with zero attached hydrogens (tertiary/aromatic N) is 2. The largest absolute Gasteiger partial charge is 0.391 e. The number of amides is 2. The van der Waals surface area contributed by atoms with Crippen LogP contribution in [-0.4, -0.2) is 45.5 Å². The van der Waals surface area contributed by atoms with Gasteiger partial charge in [-0.05, 0) is 29.4 Å². The number of benzene rings is 1. The van der Waals surface area contributed by atoms with Crippen molar-refractivity contribution in [1.29, 1.82) is 0 Å². The van der Waals surface area contributed by atoms with Gasteiger partial charge in [0.25, 0.3) is 0 Å². The Morgan fingerprint density at radius 1 is 1.26 bits per heavy atom. The minimum atomic E-state index is -0.677. The first-order chi connectivity index (χ1) is 16.0. The van der Waals surface area contributed by atoms with Gasteiger partial charge >= 0.3 is 0 Å². The standard InChI is InChI=1S/C27H39N3O3S/c1-7-8-17(2)23(27(4,5)6)26(33)30-15-21(31)13-22(30)25(32)28-14-19-9-11-20(12-10-19)24-18(3)29-16-34-24/h9-12,16-17,21-23,31H,7-8,13-15H2,1-6H3,(H,28,32)/t17-,21-,22+,23-/m0/s1. The number of aryl methyl sites for hydroxylation is 1. The van der Waals surface area contributed by atoms with Gasteiger partial charge in [0, 0.05) is 25.4 Å². The second-order valence-electron chi connectivity index (χ2n) is 10.7. The third kappa shape index (κ3) is 6.05.